The third kappa shape index (κ3) is 7.90. The minimum absolute atomic E-state index is 0. The van der Waals surface area contributed by atoms with Gasteiger partial charge in [0, 0.05) is 50.3 Å². The van der Waals surface area contributed by atoms with Gasteiger partial charge in [0.15, 0.2) is 5.96 Å². The lowest BCUT2D eigenvalue weighted by molar-refractivity contribution is -0.122. The fourth-order valence-electron chi connectivity index (χ4n) is 3.25. The summed E-state index contributed by atoms with van der Waals surface area (Å²) in [4.78, 5) is 21.1. The molecule has 1 aliphatic heterocycles. The molecule has 0 radical (unpaired) electrons. The van der Waals surface area contributed by atoms with Crippen molar-refractivity contribution in [3.63, 3.8) is 0 Å². The van der Waals surface area contributed by atoms with E-state index in [9.17, 15) is 9.18 Å². The zero-order valence-electron chi connectivity index (χ0n) is 16.8. The summed E-state index contributed by atoms with van der Waals surface area (Å²) in [6, 6.07) is 4.89. The molecule has 1 amide bonds. The van der Waals surface area contributed by atoms with Gasteiger partial charge < -0.3 is 15.5 Å². The molecule has 9 heteroatoms. The normalized spacial score (nSPS) is 17.6. The summed E-state index contributed by atoms with van der Waals surface area (Å²) in [6.45, 7) is 7.24. The Morgan fingerprint density at radius 3 is 2.62 bits per heavy atom. The molecule has 0 atom stereocenters. The van der Waals surface area contributed by atoms with Gasteiger partial charge in [-0.1, -0.05) is 17.7 Å². The van der Waals surface area contributed by atoms with Crippen LogP contribution in [0.3, 0.4) is 0 Å². The van der Waals surface area contributed by atoms with Crippen molar-refractivity contribution in [2.24, 2.45) is 4.99 Å². The highest BCUT2D eigenvalue weighted by Crippen LogP contribution is 2.19. The quantitative estimate of drug-likeness (QED) is 0.319. The number of benzene rings is 1. The molecule has 2 fully saturated rings. The Morgan fingerprint density at radius 1 is 1.28 bits per heavy atom. The Bertz CT molecular complexity index is 708. The second-order valence-corrected chi connectivity index (χ2v) is 7.73. The van der Waals surface area contributed by atoms with Gasteiger partial charge in [-0.05, 0) is 43.9 Å². The summed E-state index contributed by atoms with van der Waals surface area (Å²) in [5.41, 5.74) is 0.897. The van der Waals surface area contributed by atoms with Crippen molar-refractivity contribution in [3.05, 3.63) is 34.6 Å². The highest BCUT2D eigenvalue weighted by Gasteiger charge is 2.25. The predicted octanol–water partition coefficient (Wildman–Crippen LogP) is 2.50. The van der Waals surface area contributed by atoms with Crippen LogP contribution < -0.4 is 10.6 Å². The molecule has 1 saturated carbocycles. The maximum Gasteiger partial charge on any atom is 0.234 e. The van der Waals surface area contributed by atoms with E-state index in [1.165, 1.54) is 12.1 Å². The average molecular weight is 538 g/mol. The lowest BCUT2D eigenvalue weighted by Crippen LogP contribution is -2.54. The Hall–Kier alpha value is -1.13. The average Bonchev–Trinajstić information content (AvgIpc) is 3.47. The van der Waals surface area contributed by atoms with Gasteiger partial charge in [0.1, 0.15) is 5.82 Å². The van der Waals surface area contributed by atoms with Gasteiger partial charge in [-0.2, -0.15) is 0 Å². The Kier molecular flexibility index (Phi) is 9.91. The van der Waals surface area contributed by atoms with E-state index in [1.807, 2.05) is 6.92 Å². The molecule has 1 aliphatic carbocycles. The van der Waals surface area contributed by atoms with Gasteiger partial charge in [0.05, 0.1) is 6.54 Å². The van der Waals surface area contributed by atoms with Crippen molar-refractivity contribution in [3.8, 4) is 0 Å². The van der Waals surface area contributed by atoms with Crippen LogP contribution in [0.5, 0.6) is 0 Å². The summed E-state index contributed by atoms with van der Waals surface area (Å²) in [6.07, 6.45) is 2.89. The number of rotatable bonds is 7. The lowest BCUT2D eigenvalue weighted by Gasteiger charge is -2.36. The second-order valence-electron chi connectivity index (χ2n) is 7.33. The highest BCUT2D eigenvalue weighted by atomic mass is 127. The van der Waals surface area contributed by atoms with Crippen LogP contribution in [0, 0.1) is 5.82 Å². The van der Waals surface area contributed by atoms with Crippen molar-refractivity contribution in [2.75, 3.05) is 45.8 Å². The van der Waals surface area contributed by atoms with E-state index >= 15 is 0 Å². The summed E-state index contributed by atoms with van der Waals surface area (Å²) in [7, 11) is 0. The number of carbonyl (C=O) groups excluding carboxylic acids is 1. The topological polar surface area (TPSA) is 60.0 Å². The first-order chi connectivity index (χ1) is 13.5. The second kappa shape index (κ2) is 11.9. The largest absolute Gasteiger partial charge is 0.357 e. The number of amides is 1. The summed E-state index contributed by atoms with van der Waals surface area (Å²) < 4.78 is 13.2. The van der Waals surface area contributed by atoms with Gasteiger partial charge in [-0.15, -0.1) is 24.0 Å². The molecule has 162 valence electrons. The first-order valence-corrected chi connectivity index (χ1v) is 10.4. The molecule has 6 nitrogen and oxygen atoms in total. The molecular weight excluding hydrogens is 508 g/mol. The van der Waals surface area contributed by atoms with Gasteiger partial charge in [-0.25, -0.2) is 4.39 Å². The number of aliphatic imine (C=N–C) groups is 1. The summed E-state index contributed by atoms with van der Waals surface area (Å²) >= 11 is 6.09. The number of hydrogen-bond acceptors (Lipinski definition) is 3. The predicted molar refractivity (Wildman–Crippen MR) is 126 cm³/mol. The minimum Gasteiger partial charge on any atom is -0.357 e. The number of nitrogens with one attached hydrogen (secondary N) is 2. The number of piperazine rings is 1. The zero-order valence-corrected chi connectivity index (χ0v) is 19.9. The molecule has 1 aromatic rings. The first kappa shape index (κ1) is 24.1. The van der Waals surface area contributed by atoms with E-state index in [2.05, 4.69) is 20.4 Å². The molecule has 3 rings (SSSR count). The van der Waals surface area contributed by atoms with Crippen molar-refractivity contribution in [2.45, 2.75) is 32.2 Å². The number of guanidine groups is 1. The molecule has 1 heterocycles. The van der Waals surface area contributed by atoms with Crippen molar-refractivity contribution in [1.29, 1.82) is 0 Å². The van der Waals surface area contributed by atoms with Gasteiger partial charge in [0.25, 0.3) is 0 Å². The third-order valence-corrected chi connectivity index (χ3v) is 5.33. The molecule has 29 heavy (non-hydrogen) atoms. The van der Waals surface area contributed by atoms with Crippen LogP contribution in [0.25, 0.3) is 0 Å². The van der Waals surface area contributed by atoms with Crippen LogP contribution >= 0.6 is 35.6 Å². The van der Waals surface area contributed by atoms with Crippen LogP contribution in [0.4, 0.5) is 4.39 Å². The maximum absolute atomic E-state index is 13.2. The maximum atomic E-state index is 13.2. The SMILES string of the molecule is CCNC(=NCCc1ccc(F)cc1Cl)N1CCN(CC(=O)NC2CC2)CC1.I. The number of nitrogens with zero attached hydrogens (tertiary/aromatic N) is 3. The standard InChI is InChI=1S/C20H29ClFN5O.HI/c1-2-23-20(24-8-7-15-3-4-16(22)13-18(15)21)27-11-9-26(10-12-27)14-19(28)25-17-5-6-17;/h3-4,13,17H,2,5-12,14H2,1H3,(H,23,24)(H,25,28);1H. The molecule has 2 aliphatic rings. The Labute approximate surface area is 194 Å². The van der Waals surface area contributed by atoms with Crippen molar-refractivity contribution in [1.82, 2.24) is 20.4 Å². The number of hydrogen-bond donors (Lipinski definition) is 2. The van der Waals surface area contributed by atoms with E-state index in [-0.39, 0.29) is 35.7 Å². The third-order valence-electron chi connectivity index (χ3n) is 4.97. The zero-order chi connectivity index (χ0) is 19.9. The monoisotopic (exact) mass is 537 g/mol. The summed E-state index contributed by atoms with van der Waals surface area (Å²) in [5, 5.41) is 6.82. The molecule has 2 N–H and O–H groups in total. The Morgan fingerprint density at radius 2 is 2.00 bits per heavy atom. The summed E-state index contributed by atoms with van der Waals surface area (Å²) in [5.74, 6) is 0.685. The smallest absolute Gasteiger partial charge is 0.234 e. The molecule has 1 saturated heterocycles. The molecule has 0 aromatic heterocycles. The molecule has 0 bridgehead atoms. The van der Waals surface area contributed by atoms with Crippen LogP contribution in [0.1, 0.15) is 25.3 Å². The lowest BCUT2D eigenvalue weighted by atomic mass is 10.1. The van der Waals surface area contributed by atoms with E-state index in [1.54, 1.807) is 6.07 Å². The van der Waals surface area contributed by atoms with Gasteiger partial charge in [-0.3, -0.25) is 14.7 Å². The van der Waals surface area contributed by atoms with Crippen molar-refractivity contribution >= 4 is 47.4 Å². The van der Waals surface area contributed by atoms with Gasteiger partial charge >= 0.3 is 0 Å². The fourth-order valence-corrected chi connectivity index (χ4v) is 3.52. The van der Waals surface area contributed by atoms with Crippen molar-refractivity contribution < 1.29 is 9.18 Å². The van der Waals surface area contributed by atoms with E-state index in [0.717, 1.165) is 57.1 Å². The minimum atomic E-state index is -0.325. The van der Waals surface area contributed by atoms with Crippen LogP contribution in [-0.4, -0.2) is 73.5 Å². The number of carbonyl (C=O) groups is 1. The fraction of sp³-hybridized carbons (Fsp3) is 0.600. The molecule has 0 unspecified atom stereocenters. The molecular formula is C20H30ClFIN5O. The van der Waals surface area contributed by atoms with E-state index in [0.29, 0.717) is 30.6 Å². The molecule has 0 spiro atoms. The van der Waals surface area contributed by atoms with Crippen LogP contribution in [-0.2, 0) is 11.2 Å². The van der Waals surface area contributed by atoms with E-state index in [4.69, 9.17) is 16.6 Å². The van der Waals surface area contributed by atoms with E-state index < -0.39 is 0 Å². The highest BCUT2D eigenvalue weighted by molar-refractivity contribution is 14.0. The van der Waals surface area contributed by atoms with Gasteiger partial charge in [0.2, 0.25) is 5.91 Å². The first-order valence-electron chi connectivity index (χ1n) is 10.0. The van der Waals surface area contributed by atoms with Crippen LogP contribution in [0.2, 0.25) is 5.02 Å². The Balaban J connectivity index is 0.00000300. The van der Waals surface area contributed by atoms with Crippen LogP contribution in [0.15, 0.2) is 23.2 Å². The molecule has 1 aromatic carbocycles. The number of halogens is 3.